The van der Waals surface area contributed by atoms with Gasteiger partial charge in [0.25, 0.3) is 0 Å². The summed E-state index contributed by atoms with van der Waals surface area (Å²) in [6.45, 7) is 3.32. The van der Waals surface area contributed by atoms with Crippen LogP contribution >= 0.6 is 22.6 Å². The summed E-state index contributed by atoms with van der Waals surface area (Å²) in [6, 6.07) is 6.02. The van der Waals surface area contributed by atoms with Gasteiger partial charge < -0.3 is 11.1 Å². The van der Waals surface area contributed by atoms with Gasteiger partial charge in [-0.1, -0.05) is 39.0 Å². The molecule has 0 atom stereocenters. The molecule has 0 amide bonds. The van der Waals surface area contributed by atoms with E-state index in [-0.39, 0.29) is 0 Å². The molecular formula is C14H23IN2. The van der Waals surface area contributed by atoms with Crippen molar-refractivity contribution in [2.45, 2.75) is 45.4 Å². The van der Waals surface area contributed by atoms with E-state index in [0.29, 0.717) is 0 Å². The van der Waals surface area contributed by atoms with Crippen molar-refractivity contribution in [3.05, 3.63) is 21.8 Å². The van der Waals surface area contributed by atoms with Gasteiger partial charge >= 0.3 is 0 Å². The Bertz CT molecular complexity index is 326. The summed E-state index contributed by atoms with van der Waals surface area (Å²) in [5.41, 5.74) is 7.75. The molecule has 0 radical (unpaired) electrons. The van der Waals surface area contributed by atoms with Crippen molar-refractivity contribution < 1.29 is 0 Å². The smallest absolute Gasteiger partial charge is 0.0477 e. The standard InChI is InChI=1S/C14H23IN2/c1-2-3-4-5-6-7-10-17-14-9-8-12(16)11-13(14)15/h8-9,11,17H,2-7,10,16H2,1H3. The van der Waals surface area contributed by atoms with Gasteiger partial charge in [-0.3, -0.25) is 0 Å². The first-order valence-electron chi connectivity index (χ1n) is 6.53. The SMILES string of the molecule is CCCCCCCCNc1ccc(N)cc1I. The highest BCUT2D eigenvalue weighted by Gasteiger charge is 1.98. The van der Waals surface area contributed by atoms with E-state index in [2.05, 4.69) is 40.9 Å². The first-order chi connectivity index (χ1) is 8.24. The van der Waals surface area contributed by atoms with Gasteiger partial charge in [0.05, 0.1) is 0 Å². The minimum atomic E-state index is 0.833. The average molecular weight is 346 g/mol. The van der Waals surface area contributed by atoms with Crippen molar-refractivity contribution in [3.8, 4) is 0 Å². The zero-order valence-corrected chi connectivity index (χ0v) is 12.8. The molecule has 0 saturated carbocycles. The third-order valence-corrected chi connectivity index (χ3v) is 3.73. The van der Waals surface area contributed by atoms with E-state index in [9.17, 15) is 0 Å². The highest BCUT2D eigenvalue weighted by molar-refractivity contribution is 14.1. The van der Waals surface area contributed by atoms with E-state index in [1.165, 1.54) is 47.8 Å². The highest BCUT2D eigenvalue weighted by Crippen LogP contribution is 2.20. The third kappa shape index (κ3) is 6.15. The molecule has 1 aromatic rings. The van der Waals surface area contributed by atoms with E-state index in [1.807, 2.05) is 12.1 Å². The molecule has 17 heavy (non-hydrogen) atoms. The molecule has 0 bridgehead atoms. The lowest BCUT2D eigenvalue weighted by molar-refractivity contribution is 0.617. The molecule has 0 heterocycles. The molecule has 0 fully saturated rings. The number of benzene rings is 1. The lowest BCUT2D eigenvalue weighted by Gasteiger charge is -2.09. The topological polar surface area (TPSA) is 38.0 Å². The summed E-state index contributed by atoms with van der Waals surface area (Å²) < 4.78 is 1.20. The van der Waals surface area contributed by atoms with Crippen LogP contribution in [0.1, 0.15) is 45.4 Å². The van der Waals surface area contributed by atoms with Gasteiger partial charge in [0.2, 0.25) is 0 Å². The fourth-order valence-electron chi connectivity index (χ4n) is 1.80. The Labute approximate surface area is 119 Å². The summed E-state index contributed by atoms with van der Waals surface area (Å²) in [5, 5.41) is 3.47. The van der Waals surface area contributed by atoms with Crippen LogP contribution in [0.15, 0.2) is 18.2 Å². The second kappa shape index (κ2) is 8.61. The van der Waals surface area contributed by atoms with Gasteiger partial charge in [-0.05, 0) is 47.2 Å². The van der Waals surface area contributed by atoms with E-state index in [4.69, 9.17) is 5.73 Å². The molecule has 1 rings (SSSR count). The van der Waals surface area contributed by atoms with Crippen molar-refractivity contribution in [3.63, 3.8) is 0 Å². The van der Waals surface area contributed by atoms with Crippen molar-refractivity contribution >= 4 is 34.0 Å². The molecule has 0 aliphatic carbocycles. The van der Waals surface area contributed by atoms with Crippen LogP contribution in [0.4, 0.5) is 11.4 Å². The maximum atomic E-state index is 5.72. The van der Waals surface area contributed by atoms with Crippen LogP contribution in [0, 0.1) is 3.57 Å². The summed E-state index contributed by atoms with van der Waals surface area (Å²) in [5.74, 6) is 0. The molecule has 2 nitrogen and oxygen atoms in total. The van der Waals surface area contributed by atoms with Crippen LogP contribution in [0.25, 0.3) is 0 Å². The number of nitrogens with two attached hydrogens (primary N) is 1. The zero-order chi connectivity index (χ0) is 12.5. The van der Waals surface area contributed by atoms with Crippen LogP contribution in [-0.4, -0.2) is 6.54 Å². The first-order valence-corrected chi connectivity index (χ1v) is 7.61. The number of unbranched alkanes of at least 4 members (excludes halogenated alkanes) is 5. The Hall–Kier alpha value is -0.450. The Morgan fingerprint density at radius 2 is 1.82 bits per heavy atom. The molecule has 0 spiro atoms. The molecule has 3 N–H and O–H groups in total. The Morgan fingerprint density at radius 3 is 2.53 bits per heavy atom. The Balaban J connectivity index is 2.14. The van der Waals surface area contributed by atoms with Crippen molar-refractivity contribution in [2.24, 2.45) is 0 Å². The van der Waals surface area contributed by atoms with Gasteiger partial charge in [-0.15, -0.1) is 0 Å². The third-order valence-electron chi connectivity index (χ3n) is 2.84. The molecule has 0 saturated heterocycles. The summed E-state index contributed by atoms with van der Waals surface area (Å²) in [7, 11) is 0. The van der Waals surface area contributed by atoms with Crippen LogP contribution in [0.3, 0.4) is 0 Å². The van der Waals surface area contributed by atoms with E-state index >= 15 is 0 Å². The zero-order valence-electron chi connectivity index (χ0n) is 10.6. The average Bonchev–Trinajstić information content (AvgIpc) is 2.30. The lowest BCUT2D eigenvalue weighted by Crippen LogP contribution is -2.03. The molecule has 0 aliphatic heterocycles. The molecule has 96 valence electrons. The highest BCUT2D eigenvalue weighted by atomic mass is 127. The van der Waals surface area contributed by atoms with Crippen LogP contribution in [0.5, 0.6) is 0 Å². The maximum Gasteiger partial charge on any atom is 0.0477 e. The monoisotopic (exact) mass is 346 g/mol. The normalized spacial score (nSPS) is 10.5. The van der Waals surface area contributed by atoms with Crippen LogP contribution in [-0.2, 0) is 0 Å². The van der Waals surface area contributed by atoms with Gasteiger partial charge in [0.15, 0.2) is 0 Å². The number of anilines is 2. The van der Waals surface area contributed by atoms with Gasteiger partial charge in [-0.25, -0.2) is 0 Å². The van der Waals surface area contributed by atoms with Crippen molar-refractivity contribution in [2.75, 3.05) is 17.6 Å². The van der Waals surface area contributed by atoms with E-state index in [1.54, 1.807) is 0 Å². The minimum absolute atomic E-state index is 0.833. The molecule has 0 aromatic heterocycles. The number of rotatable bonds is 8. The molecule has 1 aromatic carbocycles. The molecule has 3 heteroatoms. The number of halogens is 1. The van der Waals surface area contributed by atoms with Crippen molar-refractivity contribution in [1.82, 2.24) is 0 Å². The molecule has 0 aliphatic rings. The quantitative estimate of drug-likeness (QED) is 0.409. The first kappa shape index (κ1) is 14.6. The van der Waals surface area contributed by atoms with Gasteiger partial charge in [-0.2, -0.15) is 0 Å². The number of nitrogens with one attached hydrogen (secondary N) is 1. The van der Waals surface area contributed by atoms with Gasteiger partial charge in [0, 0.05) is 21.5 Å². The Kier molecular flexibility index (Phi) is 7.40. The summed E-state index contributed by atoms with van der Waals surface area (Å²) in [6.07, 6.45) is 8.04. The predicted molar refractivity (Wildman–Crippen MR) is 85.4 cm³/mol. The van der Waals surface area contributed by atoms with E-state index < -0.39 is 0 Å². The van der Waals surface area contributed by atoms with Gasteiger partial charge in [0.1, 0.15) is 0 Å². The van der Waals surface area contributed by atoms with E-state index in [0.717, 1.165) is 12.2 Å². The number of nitrogen functional groups attached to an aromatic ring is 1. The number of hydrogen-bond donors (Lipinski definition) is 2. The van der Waals surface area contributed by atoms with Crippen molar-refractivity contribution in [1.29, 1.82) is 0 Å². The lowest BCUT2D eigenvalue weighted by atomic mass is 10.1. The molecule has 0 unspecified atom stereocenters. The second-order valence-corrected chi connectivity index (χ2v) is 5.60. The summed E-state index contributed by atoms with van der Waals surface area (Å²) in [4.78, 5) is 0. The fraction of sp³-hybridized carbons (Fsp3) is 0.571. The Morgan fingerprint density at radius 1 is 1.12 bits per heavy atom. The van der Waals surface area contributed by atoms with Crippen LogP contribution < -0.4 is 11.1 Å². The summed E-state index contributed by atoms with van der Waals surface area (Å²) >= 11 is 2.32. The maximum absolute atomic E-state index is 5.72. The minimum Gasteiger partial charge on any atom is -0.399 e. The fourth-order valence-corrected chi connectivity index (χ4v) is 2.53. The largest absolute Gasteiger partial charge is 0.399 e. The predicted octanol–water partition coefficient (Wildman–Crippen LogP) is 4.65. The second-order valence-electron chi connectivity index (χ2n) is 4.43. The van der Waals surface area contributed by atoms with Crippen LogP contribution in [0.2, 0.25) is 0 Å². The number of hydrogen-bond acceptors (Lipinski definition) is 2. The molecular weight excluding hydrogens is 323 g/mol.